The summed E-state index contributed by atoms with van der Waals surface area (Å²) in [4.78, 5) is 22.8. The lowest BCUT2D eigenvalue weighted by Gasteiger charge is -2.36. The van der Waals surface area contributed by atoms with E-state index in [1.165, 1.54) is 19.3 Å². The molecular weight excluding hydrogens is 268 g/mol. The van der Waals surface area contributed by atoms with Crippen molar-refractivity contribution >= 4 is 12.0 Å². The topological polar surface area (TPSA) is 78.4 Å². The molecule has 122 valence electrons. The second kappa shape index (κ2) is 9.64. The highest BCUT2D eigenvalue weighted by Crippen LogP contribution is 2.38. The molecule has 0 radical (unpaired) electrons. The van der Waals surface area contributed by atoms with E-state index in [-0.39, 0.29) is 17.9 Å². The Morgan fingerprint density at radius 3 is 2.38 bits per heavy atom. The summed E-state index contributed by atoms with van der Waals surface area (Å²) in [6, 6.07) is -0.165. The fourth-order valence-corrected chi connectivity index (χ4v) is 3.12. The van der Waals surface area contributed by atoms with E-state index in [4.69, 9.17) is 5.11 Å². The van der Waals surface area contributed by atoms with Gasteiger partial charge in [-0.2, -0.15) is 0 Å². The first-order chi connectivity index (χ1) is 10.1. The predicted molar refractivity (Wildman–Crippen MR) is 83.3 cm³/mol. The van der Waals surface area contributed by atoms with Gasteiger partial charge in [0, 0.05) is 13.1 Å². The molecule has 5 heteroatoms. The molecule has 1 aliphatic rings. The monoisotopic (exact) mass is 298 g/mol. The summed E-state index contributed by atoms with van der Waals surface area (Å²) < 4.78 is 0. The molecule has 1 aliphatic carbocycles. The maximum Gasteiger partial charge on any atom is 0.314 e. The SMILES string of the molecule is CCCCCCNC(=O)NCC1(CC(=O)O)CCCCC1. The Labute approximate surface area is 127 Å². The maximum absolute atomic E-state index is 11.8. The van der Waals surface area contributed by atoms with E-state index >= 15 is 0 Å². The molecule has 0 bridgehead atoms. The Hall–Kier alpha value is -1.26. The van der Waals surface area contributed by atoms with Crippen molar-refractivity contribution in [2.75, 3.05) is 13.1 Å². The van der Waals surface area contributed by atoms with Gasteiger partial charge in [0.2, 0.25) is 0 Å². The van der Waals surface area contributed by atoms with E-state index in [1.807, 2.05) is 0 Å². The van der Waals surface area contributed by atoms with E-state index in [2.05, 4.69) is 17.6 Å². The lowest BCUT2D eigenvalue weighted by molar-refractivity contribution is -0.140. The molecule has 3 N–H and O–H groups in total. The van der Waals surface area contributed by atoms with Crippen LogP contribution in [0.3, 0.4) is 0 Å². The average Bonchev–Trinajstić information content (AvgIpc) is 2.45. The van der Waals surface area contributed by atoms with Gasteiger partial charge < -0.3 is 15.7 Å². The highest BCUT2D eigenvalue weighted by molar-refractivity contribution is 5.74. The summed E-state index contributed by atoms with van der Waals surface area (Å²) in [5.74, 6) is -0.765. The van der Waals surface area contributed by atoms with Gasteiger partial charge in [-0.05, 0) is 24.7 Å². The minimum Gasteiger partial charge on any atom is -0.481 e. The molecular formula is C16H30N2O3. The molecule has 1 fully saturated rings. The summed E-state index contributed by atoms with van der Waals surface area (Å²) in [5, 5.41) is 14.8. The Morgan fingerprint density at radius 1 is 1.05 bits per heavy atom. The zero-order valence-corrected chi connectivity index (χ0v) is 13.2. The van der Waals surface area contributed by atoms with Gasteiger partial charge in [-0.3, -0.25) is 4.79 Å². The molecule has 0 atom stereocenters. The summed E-state index contributed by atoms with van der Waals surface area (Å²) in [6.45, 7) is 3.32. The van der Waals surface area contributed by atoms with Crippen LogP contribution in [0.4, 0.5) is 4.79 Å². The smallest absolute Gasteiger partial charge is 0.314 e. The number of carboxylic acids is 1. The number of nitrogens with one attached hydrogen (secondary N) is 2. The molecule has 0 unspecified atom stereocenters. The molecule has 0 heterocycles. The summed E-state index contributed by atoms with van der Waals surface area (Å²) in [7, 11) is 0. The number of amides is 2. The van der Waals surface area contributed by atoms with Crippen molar-refractivity contribution in [1.82, 2.24) is 10.6 Å². The first kappa shape index (κ1) is 17.8. The standard InChI is InChI=1S/C16H30N2O3/c1-2-3-4-8-11-17-15(21)18-13-16(12-14(19)20)9-6-5-7-10-16/h2-13H2,1H3,(H,19,20)(H2,17,18,21). The van der Waals surface area contributed by atoms with E-state index in [0.717, 1.165) is 38.5 Å². The van der Waals surface area contributed by atoms with Crippen LogP contribution in [-0.2, 0) is 4.79 Å². The minimum absolute atomic E-state index is 0.157. The highest BCUT2D eigenvalue weighted by Gasteiger charge is 2.34. The largest absolute Gasteiger partial charge is 0.481 e. The second-order valence-corrected chi connectivity index (χ2v) is 6.30. The van der Waals surface area contributed by atoms with E-state index in [0.29, 0.717) is 13.1 Å². The number of carboxylic acid groups (broad SMARTS) is 1. The third-order valence-electron chi connectivity index (χ3n) is 4.38. The summed E-state index contributed by atoms with van der Waals surface area (Å²) >= 11 is 0. The Balaban J connectivity index is 2.28. The van der Waals surface area contributed by atoms with E-state index in [9.17, 15) is 9.59 Å². The van der Waals surface area contributed by atoms with Crippen LogP contribution in [0.2, 0.25) is 0 Å². The fourth-order valence-electron chi connectivity index (χ4n) is 3.12. The first-order valence-corrected chi connectivity index (χ1v) is 8.31. The third kappa shape index (κ3) is 7.34. The number of carbonyl (C=O) groups is 2. The van der Waals surface area contributed by atoms with Crippen LogP contribution in [0.15, 0.2) is 0 Å². The van der Waals surface area contributed by atoms with Crippen LogP contribution in [0.5, 0.6) is 0 Å². The number of urea groups is 1. The molecule has 1 rings (SSSR count). The zero-order chi connectivity index (χ0) is 15.6. The van der Waals surface area contributed by atoms with Crippen LogP contribution < -0.4 is 10.6 Å². The quantitative estimate of drug-likeness (QED) is 0.571. The van der Waals surface area contributed by atoms with Gasteiger partial charge in [0.05, 0.1) is 6.42 Å². The maximum atomic E-state index is 11.8. The lowest BCUT2D eigenvalue weighted by Crippen LogP contribution is -2.44. The predicted octanol–water partition coefficient (Wildman–Crippen LogP) is 3.29. The summed E-state index contributed by atoms with van der Waals surface area (Å²) in [5.41, 5.74) is -0.246. The van der Waals surface area contributed by atoms with Gasteiger partial charge in [0.15, 0.2) is 0 Å². The summed E-state index contributed by atoms with van der Waals surface area (Å²) in [6.07, 6.45) is 9.78. The molecule has 1 saturated carbocycles. The van der Waals surface area contributed by atoms with E-state index < -0.39 is 5.97 Å². The van der Waals surface area contributed by atoms with Crippen molar-refractivity contribution in [2.45, 2.75) is 71.1 Å². The van der Waals surface area contributed by atoms with Gasteiger partial charge in [-0.1, -0.05) is 45.4 Å². The second-order valence-electron chi connectivity index (χ2n) is 6.30. The van der Waals surface area contributed by atoms with E-state index in [1.54, 1.807) is 0 Å². The van der Waals surface area contributed by atoms with Crippen LogP contribution in [0, 0.1) is 5.41 Å². The molecule has 0 spiro atoms. The van der Waals surface area contributed by atoms with Crippen molar-refractivity contribution in [3.63, 3.8) is 0 Å². The van der Waals surface area contributed by atoms with Crippen LogP contribution in [-0.4, -0.2) is 30.2 Å². The van der Waals surface area contributed by atoms with Crippen LogP contribution in [0.25, 0.3) is 0 Å². The number of hydrogen-bond acceptors (Lipinski definition) is 2. The van der Waals surface area contributed by atoms with Crippen LogP contribution >= 0.6 is 0 Å². The number of hydrogen-bond donors (Lipinski definition) is 3. The van der Waals surface area contributed by atoms with Gasteiger partial charge in [-0.25, -0.2) is 4.79 Å². The number of rotatable bonds is 9. The normalized spacial score (nSPS) is 17.2. The van der Waals surface area contributed by atoms with Crippen molar-refractivity contribution in [1.29, 1.82) is 0 Å². The third-order valence-corrected chi connectivity index (χ3v) is 4.38. The Kier molecular flexibility index (Phi) is 8.16. The zero-order valence-electron chi connectivity index (χ0n) is 13.2. The Morgan fingerprint density at radius 2 is 1.76 bits per heavy atom. The van der Waals surface area contributed by atoms with Gasteiger partial charge in [0.25, 0.3) is 0 Å². The van der Waals surface area contributed by atoms with Crippen molar-refractivity contribution in [2.24, 2.45) is 5.41 Å². The number of aliphatic carboxylic acids is 1. The molecule has 5 nitrogen and oxygen atoms in total. The molecule has 0 aromatic rings. The number of carbonyl (C=O) groups excluding carboxylic acids is 1. The van der Waals surface area contributed by atoms with Gasteiger partial charge >= 0.3 is 12.0 Å². The molecule has 21 heavy (non-hydrogen) atoms. The minimum atomic E-state index is -0.765. The molecule has 0 saturated heterocycles. The van der Waals surface area contributed by atoms with Crippen molar-refractivity contribution < 1.29 is 14.7 Å². The van der Waals surface area contributed by atoms with Gasteiger partial charge in [-0.15, -0.1) is 0 Å². The molecule has 0 aliphatic heterocycles. The molecule has 0 aromatic heterocycles. The molecule has 2 amide bonds. The van der Waals surface area contributed by atoms with Crippen molar-refractivity contribution in [3.8, 4) is 0 Å². The van der Waals surface area contributed by atoms with Gasteiger partial charge in [0.1, 0.15) is 0 Å². The highest BCUT2D eigenvalue weighted by atomic mass is 16.4. The molecule has 0 aromatic carbocycles. The first-order valence-electron chi connectivity index (χ1n) is 8.31. The Bertz CT molecular complexity index is 325. The van der Waals surface area contributed by atoms with Crippen molar-refractivity contribution in [3.05, 3.63) is 0 Å². The lowest BCUT2D eigenvalue weighted by atomic mass is 9.72. The number of unbranched alkanes of at least 4 members (excludes halogenated alkanes) is 3. The average molecular weight is 298 g/mol. The van der Waals surface area contributed by atoms with Crippen LogP contribution in [0.1, 0.15) is 71.1 Å². The fraction of sp³-hybridized carbons (Fsp3) is 0.875.